The van der Waals surface area contributed by atoms with E-state index in [4.69, 9.17) is 0 Å². The molecule has 1 N–H and O–H groups in total. The highest BCUT2D eigenvalue weighted by Crippen LogP contribution is 2.39. The van der Waals surface area contributed by atoms with Crippen molar-refractivity contribution in [2.75, 3.05) is 0 Å². The number of benzene rings is 1. The lowest BCUT2D eigenvalue weighted by atomic mass is 9.72. The predicted octanol–water partition coefficient (Wildman–Crippen LogP) is 4.57. The minimum Gasteiger partial charge on any atom is -0.508 e. The molecule has 0 bridgehead atoms. The summed E-state index contributed by atoms with van der Waals surface area (Å²) in [6.45, 7) is 11.4. The molecule has 0 spiro atoms. The second-order valence-corrected chi connectivity index (χ2v) is 6.14. The van der Waals surface area contributed by atoms with Gasteiger partial charge in [-0.25, -0.2) is 0 Å². The van der Waals surface area contributed by atoms with Crippen LogP contribution in [0.5, 0.6) is 5.75 Å². The van der Waals surface area contributed by atoms with Gasteiger partial charge in [0, 0.05) is 0 Å². The van der Waals surface area contributed by atoms with E-state index in [1.807, 2.05) is 12.1 Å². The van der Waals surface area contributed by atoms with Gasteiger partial charge in [-0.3, -0.25) is 0 Å². The van der Waals surface area contributed by atoms with Crippen molar-refractivity contribution in [3.05, 3.63) is 29.8 Å². The molecule has 0 amide bonds. The minimum absolute atomic E-state index is 0.265. The van der Waals surface area contributed by atoms with E-state index < -0.39 is 0 Å². The normalized spacial score (nSPS) is 14.1. The third-order valence-electron chi connectivity index (χ3n) is 3.05. The van der Waals surface area contributed by atoms with Gasteiger partial charge in [-0.1, -0.05) is 46.8 Å². The Balaban J connectivity index is 2.97. The molecule has 90 valence electrons. The number of hydrogen-bond donors (Lipinski definition) is 1. The highest BCUT2D eigenvalue weighted by Gasteiger charge is 2.26. The topological polar surface area (TPSA) is 20.2 Å². The van der Waals surface area contributed by atoms with Crippen molar-refractivity contribution >= 4 is 0 Å². The molecule has 1 aromatic rings. The third kappa shape index (κ3) is 3.55. The van der Waals surface area contributed by atoms with Crippen molar-refractivity contribution in [3.8, 4) is 5.75 Å². The van der Waals surface area contributed by atoms with Gasteiger partial charge in [-0.05, 0) is 41.4 Å². The van der Waals surface area contributed by atoms with Gasteiger partial charge in [-0.15, -0.1) is 0 Å². The molecule has 16 heavy (non-hydrogen) atoms. The molecule has 0 heterocycles. The molecule has 0 aliphatic rings. The molecule has 0 radical (unpaired) electrons. The van der Waals surface area contributed by atoms with Gasteiger partial charge >= 0.3 is 0 Å². The van der Waals surface area contributed by atoms with E-state index in [1.165, 1.54) is 12.0 Å². The first-order valence-electron chi connectivity index (χ1n) is 6.09. The zero-order chi connectivity index (χ0) is 12.3. The first kappa shape index (κ1) is 13.1. The van der Waals surface area contributed by atoms with Crippen LogP contribution in [0.15, 0.2) is 24.3 Å². The van der Waals surface area contributed by atoms with E-state index in [0.29, 0.717) is 17.6 Å². The third-order valence-corrected chi connectivity index (χ3v) is 3.05. The molecule has 1 rings (SSSR count). The van der Waals surface area contributed by atoms with Crippen molar-refractivity contribution in [1.82, 2.24) is 0 Å². The van der Waals surface area contributed by atoms with Gasteiger partial charge in [0.05, 0.1) is 0 Å². The lowest BCUT2D eigenvalue weighted by Crippen LogP contribution is -2.20. The number of phenols is 1. The van der Waals surface area contributed by atoms with Crippen LogP contribution in [0.2, 0.25) is 0 Å². The molecular formula is C15H24O. The van der Waals surface area contributed by atoms with E-state index in [-0.39, 0.29) is 5.41 Å². The second kappa shape index (κ2) is 4.90. The fourth-order valence-corrected chi connectivity index (χ4v) is 2.17. The Morgan fingerprint density at radius 2 is 1.56 bits per heavy atom. The van der Waals surface area contributed by atoms with E-state index >= 15 is 0 Å². The molecule has 0 saturated heterocycles. The molecule has 1 nitrogen and oxygen atoms in total. The summed E-state index contributed by atoms with van der Waals surface area (Å²) in [5.74, 6) is 1.59. The van der Waals surface area contributed by atoms with Crippen LogP contribution in [-0.2, 0) is 0 Å². The lowest BCUT2D eigenvalue weighted by molar-refractivity contribution is 0.280. The monoisotopic (exact) mass is 220 g/mol. The quantitative estimate of drug-likeness (QED) is 0.791. The smallest absolute Gasteiger partial charge is 0.115 e. The van der Waals surface area contributed by atoms with E-state index in [9.17, 15) is 5.11 Å². The summed E-state index contributed by atoms with van der Waals surface area (Å²) >= 11 is 0. The minimum atomic E-state index is 0.265. The standard InChI is InChI=1S/C15H24O/c1-11(2)10-14(15(3,4)5)12-6-8-13(16)9-7-12/h6-9,11,14,16H,10H2,1-5H3. The van der Waals surface area contributed by atoms with E-state index in [0.717, 1.165) is 0 Å². The van der Waals surface area contributed by atoms with Crippen LogP contribution in [-0.4, -0.2) is 5.11 Å². The first-order valence-corrected chi connectivity index (χ1v) is 6.09. The Bertz CT molecular complexity index is 316. The van der Waals surface area contributed by atoms with E-state index in [2.05, 4.69) is 34.6 Å². The van der Waals surface area contributed by atoms with Crippen molar-refractivity contribution in [3.63, 3.8) is 0 Å². The van der Waals surface area contributed by atoms with Crippen LogP contribution in [0.1, 0.15) is 52.5 Å². The average molecular weight is 220 g/mol. The Morgan fingerprint density at radius 3 is 1.94 bits per heavy atom. The maximum Gasteiger partial charge on any atom is 0.115 e. The van der Waals surface area contributed by atoms with E-state index in [1.54, 1.807) is 12.1 Å². The van der Waals surface area contributed by atoms with Crippen LogP contribution in [0.25, 0.3) is 0 Å². The van der Waals surface area contributed by atoms with Crippen LogP contribution in [0, 0.1) is 11.3 Å². The molecule has 1 atom stereocenters. The molecule has 0 aromatic heterocycles. The molecule has 1 aromatic carbocycles. The number of rotatable bonds is 3. The fourth-order valence-electron chi connectivity index (χ4n) is 2.17. The second-order valence-electron chi connectivity index (χ2n) is 6.14. The van der Waals surface area contributed by atoms with Gasteiger partial charge in [0.15, 0.2) is 0 Å². The largest absolute Gasteiger partial charge is 0.508 e. The SMILES string of the molecule is CC(C)CC(c1ccc(O)cc1)C(C)(C)C. The Labute approximate surface area is 99.5 Å². The fraction of sp³-hybridized carbons (Fsp3) is 0.600. The zero-order valence-corrected chi connectivity index (χ0v) is 11.1. The van der Waals surface area contributed by atoms with Gasteiger partial charge in [0.1, 0.15) is 5.75 Å². The van der Waals surface area contributed by atoms with Crippen molar-refractivity contribution < 1.29 is 5.11 Å². The summed E-state index contributed by atoms with van der Waals surface area (Å²) in [6, 6.07) is 7.67. The molecule has 1 unspecified atom stereocenters. The molecule has 0 fully saturated rings. The molecule has 0 saturated carbocycles. The van der Waals surface area contributed by atoms with Crippen LogP contribution in [0.4, 0.5) is 0 Å². The van der Waals surface area contributed by atoms with Gasteiger partial charge in [0.2, 0.25) is 0 Å². The molecule has 0 aliphatic carbocycles. The number of hydrogen-bond acceptors (Lipinski definition) is 1. The summed E-state index contributed by atoms with van der Waals surface area (Å²) in [7, 11) is 0. The highest BCUT2D eigenvalue weighted by atomic mass is 16.3. The van der Waals surface area contributed by atoms with Crippen LogP contribution in [0.3, 0.4) is 0 Å². The van der Waals surface area contributed by atoms with Gasteiger partial charge in [0.25, 0.3) is 0 Å². The van der Waals surface area contributed by atoms with Crippen molar-refractivity contribution in [2.45, 2.75) is 47.0 Å². The van der Waals surface area contributed by atoms with Crippen LogP contribution >= 0.6 is 0 Å². The summed E-state index contributed by atoms with van der Waals surface area (Å²) in [5, 5.41) is 9.32. The number of phenolic OH excluding ortho intramolecular Hbond substituents is 1. The Morgan fingerprint density at radius 1 is 1.06 bits per heavy atom. The summed E-state index contributed by atoms with van der Waals surface area (Å²) < 4.78 is 0. The average Bonchev–Trinajstić information content (AvgIpc) is 2.14. The zero-order valence-electron chi connectivity index (χ0n) is 11.1. The predicted molar refractivity (Wildman–Crippen MR) is 69.8 cm³/mol. The highest BCUT2D eigenvalue weighted by molar-refractivity contribution is 5.29. The van der Waals surface area contributed by atoms with Gasteiger partial charge in [-0.2, -0.15) is 0 Å². The van der Waals surface area contributed by atoms with Crippen LogP contribution < -0.4 is 0 Å². The first-order chi connectivity index (χ1) is 7.30. The number of aromatic hydroxyl groups is 1. The maximum atomic E-state index is 9.32. The maximum absolute atomic E-state index is 9.32. The molecular weight excluding hydrogens is 196 g/mol. The van der Waals surface area contributed by atoms with Crippen molar-refractivity contribution in [2.24, 2.45) is 11.3 Å². The van der Waals surface area contributed by atoms with Crippen molar-refractivity contribution in [1.29, 1.82) is 0 Å². The summed E-state index contributed by atoms with van der Waals surface area (Å²) in [5.41, 5.74) is 1.60. The Kier molecular flexibility index (Phi) is 4.01. The lowest BCUT2D eigenvalue weighted by Gasteiger charge is -2.32. The summed E-state index contributed by atoms with van der Waals surface area (Å²) in [4.78, 5) is 0. The molecule has 0 aliphatic heterocycles. The molecule has 1 heteroatoms. The summed E-state index contributed by atoms with van der Waals surface area (Å²) in [6.07, 6.45) is 1.19. The Hall–Kier alpha value is -0.980. The van der Waals surface area contributed by atoms with Gasteiger partial charge < -0.3 is 5.11 Å².